The Bertz CT molecular complexity index is 694. The number of hydrogen-bond acceptors (Lipinski definition) is 5. The number of benzene rings is 1. The minimum Gasteiger partial charge on any atom is -0.487 e. The van der Waals surface area contributed by atoms with Crippen molar-refractivity contribution in [1.29, 1.82) is 0 Å². The Kier molecular flexibility index (Phi) is 4.24. The van der Waals surface area contributed by atoms with E-state index in [4.69, 9.17) is 9.47 Å². The van der Waals surface area contributed by atoms with Crippen LogP contribution < -0.4 is 10.1 Å². The number of nitrogens with one attached hydrogen (secondary N) is 1. The Balaban J connectivity index is 1.48. The molecule has 0 bridgehead atoms. The molecule has 1 N–H and O–H groups in total. The van der Waals surface area contributed by atoms with Gasteiger partial charge in [0.2, 0.25) is 0 Å². The zero-order chi connectivity index (χ0) is 16.4. The zero-order valence-electron chi connectivity index (χ0n) is 14.1. The molecule has 1 aromatic heterocycles. The van der Waals surface area contributed by atoms with E-state index in [0.29, 0.717) is 6.04 Å². The lowest BCUT2D eigenvalue weighted by atomic mass is 9.82. The Morgan fingerprint density at radius 3 is 2.92 bits per heavy atom. The molecule has 0 saturated carbocycles. The van der Waals surface area contributed by atoms with Crippen LogP contribution in [0.3, 0.4) is 0 Å². The van der Waals surface area contributed by atoms with Crippen molar-refractivity contribution >= 4 is 0 Å². The molecule has 0 radical (unpaired) electrons. The first-order valence-corrected chi connectivity index (χ1v) is 8.68. The van der Waals surface area contributed by atoms with Gasteiger partial charge in [-0.05, 0) is 6.07 Å². The summed E-state index contributed by atoms with van der Waals surface area (Å²) in [5.74, 6) is 1.89. The zero-order valence-corrected chi connectivity index (χ0v) is 14.1. The quantitative estimate of drug-likeness (QED) is 0.930. The third kappa shape index (κ3) is 3.16. The van der Waals surface area contributed by atoms with Gasteiger partial charge in [0, 0.05) is 50.9 Å². The fraction of sp³-hybridized carbons (Fsp3) is 0.556. The fourth-order valence-corrected chi connectivity index (χ4v) is 3.71. The lowest BCUT2D eigenvalue weighted by Gasteiger charge is -2.44. The van der Waals surface area contributed by atoms with E-state index in [1.54, 1.807) is 11.0 Å². The smallest absolute Gasteiger partial charge is 0.151 e. The monoisotopic (exact) mass is 328 g/mol. The lowest BCUT2D eigenvalue weighted by molar-refractivity contribution is -0.0645. The number of aryl methyl sites for hydroxylation is 1. The Morgan fingerprint density at radius 2 is 2.12 bits per heavy atom. The number of aromatic nitrogens is 3. The van der Waals surface area contributed by atoms with Gasteiger partial charge in [0.25, 0.3) is 0 Å². The second-order valence-corrected chi connectivity index (χ2v) is 6.73. The molecule has 128 valence electrons. The van der Waals surface area contributed by atoms with Gasteiger partial charge in [-0.15, -0.1) is 0 Å². The molecule has 0 aliphatic carbocycles. The predicted molar refractivity (Wildman–Crippen MR) is 89.9 cm³/mol. The molecule has 2 aliphatic heterocycles. The molecule has 1 unspecified atom stereocenters. The molecular formula is C18H24N4O2. The maximum absolute atomic E-state index is 6.41. The third-order valence-electron chi connectivity index (χ3n) is 4.99. The van der Waals surface area contributed by atoms with Gasteiger partial charge in [-0.2, -0.15) is 5.10 Å². The van der Waals surface area contributed by atoms with Crippen LogP contribution in [0.25, 0.3) is 0 Å². The molecule has 1 spiro atoms. The normalized spacial score (nSPS) is 22.1. The van der Waals surface area contributed by atoms with Gasteiger partial charge in [0.05, 0.1) is 13.2 Å². The van der Waals surface area contributed by atoms with Crippen molar-refractivity contribution in [1.82, 2.24) is 20.1 Å². The highest BCUT2D eigenvalue weighted by molar-refractivity contribution is 5.39. The van der Waals surface area contributed by atoms with E-state index in [-0.39, 0.29) is 5.60 Å². The van der Waals surface area contributed by atoms with Gasteiger partial charge >= 0.3 is 0 Å². The summed E-state index contributed by atoms with van der Waals surface area (Å²) in [4.78, 5) is 4.30. The van der Waals surface area contributed by atoms with Crippen molar-refractivity contribution in [2.24, 2.45) is 7.05 Å². The lowest BCUT2D eigenvalue weighted by Crippen LogP contribution is -2.48. The summed E-state index contributed by atoms with van der Waals surface area (Å²) in [6.07, 6.45) is 5.48. The van der Waals surface area contributed by atoms with Gasteiger partial charge in [0.1, 0.15) is 17.7 Å². The van der Waals surface area contributed by atoms with Crippen LogP contribution in [-0.2, 0) is 18.2 Å². The van der Waals surface area contributed by atoms with E-state index in [2.05, 4.69) is 33.6 Å². The van der Waals surface area contributed by atoms with Gasteiger partial charge < -0.3 is 14.8 Å². The molecule has 4 rings (SSSR count). The van der Waals surface area contributed by atoms with Crippen LogP contribution >= 0.6 is 0 Å². The van der Waals surface area contributed by atoms with E-state index < -0.39 is 0 Å². The van der Waals surface area contributed by atoms with E-state index in [1.807, 2.05) is 13.1 Å². The molecule has 6 heteroatoms. The first kappa shape index (κ1) is 15.6. The van der Waals surface area contributed by atoms with E-state index in [1.165, 1.54) is 5.56 Å². The van der Waals surface area contributed by atoms with Crippen molar-refractivity contribution in [3.05, 3.63) is 42.0 Å². The van der Waals surface area contributed by atoms with Crippen LogP contribution in [0, 0.1) is 0 Å². The number of hydrogen-bond donors (Lipinski definition) is 1. The van der Waals surface area contributed by atoms with Crippen molar-refractivity contribution in [2.45, 2.75) is 37.3 Å². The minimum absolute atomic E-state index is 0.0898. The molecule has 1 saturated heterocycles. The molecule has 24 heavy (non-hydrogen) atoms. The highest BCUT2D eigenvalue weighted by Gasteiger charge is 2.41. The summed E-state index contributed by atoms with van der Waals surface area (Å²) < 4.78 is 13.7. The third-order valence-corrected chi connectivity index (χ3v) is 4.99. The highest BCUT2D eigenvalue weighted by atomic mass is 16.5. The summed E-state index contributed by atoms with van der Waals surface area (Å²) in [5.41, 5.74) is 1.16. The minimum atomic E-state index is -0.0898. The number of nitrogens with zero attached hydrogens (tertiary/aromatic N) is 3. The van der Waals surface area contributed by atoms with E-state index >= 15 is 0 Å². The molecule has 1 fully saturated rings. The van der Waals surface area contributed by atoms with Gasteiger partial charge in [-0.25, -0.2) is 4.98 Å². The van der Waals surface area contributed by atoms with Crippen LogP contribution in [-0.4, -0.2) is 40.1 Å². The Morgan fingerprint density at radius 1 is 1.29 bits per heavy atom. The molecule has 2 aromatic rings. The summed E-state index contributed by atoms with van der Waals surface area (Å²) >= 11 is 0. The number of rotatable bonds is 4. The number of ether oxygens (including phenoxy) is 2. The van der Waals surface area contributed by atoms with Crippen LogP contribution in [0.1, 0.15) is 36.7 Å². The number of para-hydroxylation sites is 1. The topological polar surface area (TPSA) is 61.2 Å². The summed E-state index contributed by atoms with van der Waals surface area (Å²) in [7, 11) is 1.90. The summed E-state index contributed by atoms with van der Waals surface area (Å²) in [5, 5.41) is 8.04. The molecule has 3 heterocycles. The van der Waals surface area contributed by atoms with Crippen molar-refractivity contribution in [3.8, 4) is 5.75 Å². The maximum atomic E-state index is 6.41. The molecule has 1 atom stereocenters. The molecule has 6 nitrogen and oxygen atoms in total. The van der Waals surface area contributed by atoms with Gasteiger partial charge in [-0.3, -0.25) is 4.68 Å². The maximum Gasteiger partial charge on any atom is 0.151 e. The first-order chi connectivity index (χ1) is 11.7. The van der Waals surface area contributed by atoms with Gasteiger partial charge in [0.15, 0.2) is 5.82 Å². The predicted octanol–water partition coefficient (Wildman–Crippen LogP) is 2.02. The Hall–Kier alpha value is -1.92. The van der Waals surface area contributed by atoms with E-state index in [9.17, 15) is 0 Å². The molecular weight excluding hydrogens is 304 g/mol. The van der Waals surface area contributed by atoms with Crippen LogP contribution in [0.2, 0.25) is 0 Å². The van der Waals surface area contributed by atoms with Crippen molar-refractivity contribution in [2.75, 3.05) is 19.8 Å². The van der Waals surface area contributed by atoms with E-state index in [0.717, 1.165) is 57.0 Å². The average Bonchev–Trinajstić information content (AvgIpc) is 3.01. The van der Waals surface area contributed by atoms with Crippen LogP contribution in [0.5, 0.6) is 5.75 Å². The highest BCUT2D eigenvalue weighted by Crippen LogP contribution is 2.43. The SMILES string of the molecule is Cn1cnc(CCNC2CC3(CCOCC3)Oc3ccccc32)n1. The number of fused-ring (bicyclic) bond motifs is 1. The van der Waals surface area contributed by atoms with Crippen LogP contribution in [0.15, 0.2) is 30.6 Å². The fourth-order valence-electron chi connectivity index (χ4n) is 3.71. The summed E-state index contributed by atoms with van der Waals surface area (Å²) in [6, 6.07) is 8.68. The second kappa shape index (κ2) is 6.53. The molecule has 2 aliphatic rings. The largest absolute Gasteiger partial charge is 0.487 e. The summed E-state index contributed by atoms with van der Waals surface area (Å²) in [6.45, 7) is 2.43. The first-order valence-electron chi connectivity index (χ1n) is 8.68. The standard InChI is InChI=1S/C18H24N4O2/c1-22-13-20-17(21-22)6-9-19-15-12-18(7-10-23-11-8-18)24-16-5-3-2-4-14(15)16/h2-5,13,15,19H,6-12H2,1H3. The molecule has 1 aromatic carbocycles. The average molecular weight is 328 g/mol. The Labute approximate surface area is 142 Å². The second-order valence-electron chi connectivity index (χ2n) is 6.73. The van der Waals surface area contributed by atoms with Gasteiger partial charge in [-0.1, -0.05) is 18.2 Å². The van der Waals surface area contributed by atoms with Crippen molar-refractivity contribution < 1.29 is 9.47 Å². The van der Waals surface area contributed by atoms with Crippen LogP contribution in [0.4, 0.5) is 0 Å². The molecule has 0 amide bonds. The van der Waals surface area contributed by atoms with Crippen molar-refractivity contribution in [3.63, 3.8) is 0 Å².